The summed E-state index contributed by atoms with van der Waals surface area (Å²) in [6, 6.07) is 12.0. The van der Waals surface area contributed by atoms with E-state index in [9.17, 15) is 14.4 Å². The number of hydrogen-bond acceptors (Lipinski definition) is 4. The zero-order chi connectivity index (χ0) is 20.9. The molecule has 0 unspecified atom stereocenters. The van der Waals surface area contributed by atoms with Gasteiger partial charge >= 0.3 is 5.69 Å². The fraction of sp³-hybridized carbons (Fsp3) is 0.238. The van der Waals surface area contributed by atoms with Crippen LogP contribution in [-0.2, 0) is 14.1 Å². The van der Waals surface area contributed by atoms with Crippen molar-refractivity contribution >= 4 is 33.4 Å². The molecule has 29 heavy (non-hydrogen) atoms. The van der Waals surface area contributed by atoms with E-state index in [4.69, 9.17) is 0 Å². The van der Waals surface area contributed by atoms with Crippen LogP contribution >= 0.6 is 0 Å². The second-order valence-electron chi connectivity index (χ2n) is 7.30. The minimum Gasteiger partial charge on any atom is -0.320 e. The van der Waals surface area contributed by atoms with Crippen LogP contribution in [0, 0.1) is 0 Å². The molecule has 4 aromatic rings. The average Bonchev–Trinajstić information content (AvgIpc) is 2.92. The molecule has 0 fully saturated rings. The lowest BCUT2D eigenvalue weighted by Crippen LogP contribution is -2.28. The van der Waals surface area contributed by atoms with Gasteiger partial charge in [-0.3, -0.25) is 18.7 Å². The van der Waals surface area contributed by atoms with E-state index in [0.29, 0.717) is 22.0 Å². The predicted molar refractivity (Wildman–Crippen MR) is 113 cm³/mol. The molecule has 0 bridgehead atoms. The number of rotatable bonds is 3. The van der Waals surface area contributed by atoms with Crippen molar-refractivity contribution in [2.45, 2.75) is 19.9 Å². The van der Waals surface area contributed by atoms with Crippen LogP contribution < -0.4 is 16.6 Å². The van der Waals surface area contributed by atoms with Crippen molar-refractivity contribution in [1.29, 1.82) is 0 Å². The van der Waals surface area contributed by atoms with Gasteiger partial charge in [-0.05, 0) is 38.1 Å². The van der Waals surface area contributed by atoms with Crippen LogP contribution in [0.3, 0.4) is 0 Å². The number of carbonyl (C=O) groups is 1. The van der Waals surface area contributed by atoms with Crippen LogP contribution in [0.2, 0.25) is 0 Å². The van der Waals surface area contributed by atoms with E-state index < -0.39 is 5.91 Å². The average molecular weight is 391 g/mol. The normalized spacial score (nSPS) is 11.5. The molecule has 0 atom stereocenters. The molecule has 0 aliphatic carbocycles. The predicted octanol–water partition coefficient (Wildman–Crippen LogP) is 2.42. The first-order valence-corrected chi connectivity index (χ1v) is 9.28. The van der Waals surface area contributed by atoms with E-state index in [-0.39, 0.29) is 23.0 Å². The fourth-order valence-corrected chi connectivity index (χ4v) is 3.50. The molecular weight excluding hydrogens is 370 g/mol. The summed E-state index contributed by atoms with van der Waals surface area (Å²) >= 11 is 0. The van der Waals surface area contributed by atoms with Crippen molar-refractivity contribution in [3.05, 3.63) is 69.0 Å². The lowest BCUT2D eigenvalue weighted by atomic mass is 10.1. The SMILES string of the molecule is CC(C)n1nc(C(=O)Nc2ccc3c(c2)n(C)c(=O)n3C)c2ccccc2c1=O. The lowest BCUT2D eigenvalue weighted by Gasteiger charge is -2.13. The van der Waals surface area contributed by atoms with Gasteiger partial charge in [0.05, 0.1) is 22.5 Å². The van der Waals surface area contributed by atoms with Crippen molar-refractivity contribution < 1.29 is 4.79 Å². The quantitative estimate of drug-likeness (QED) is 0.581. The smallest absolute Gasteiger partial charge is 0.320 e. The second kappa shape index (κ2) is 6.73. The van der Waals surface area contributed by atoms with Gasteiger partial charge in [-0.2, -0.15) is 5.10 Å². The summed E-state index contributed by atoms with van der Waals surface area (Å²) < 4.78 is 4.40. The molecular formula is C21H21N5O3. The number of anilines is 1. The molecule has 0 radical (unpaired) electrons. The Morgan fingerprint density at radius 1 is 0.966 bits per heavy atom. The molecule has 2 aromatic carbocycles. The molecule has 0 aliphatic rings. The maximum atomic E-state index is 13.0. The van der Waals surface area contributed by atoms with Crippen LogP contribution in [0.15, 0.2) is 52.1 Å². The molecule has 0 saturated heterocycles. The zero-order valence-corrected chi connectivity index (χ0v) is 16.6. The molecule has 2 heterocycles. The Labute approximate surface area is 166 Å². The first-order chi connectivity index (χ1) is 13.8. The number of aromatic nitrogens is 4. The van der Waals surface area contributed by atoms with E-state index in [0.717, 1.165) is 5.52 Å². The van der Waals surface area contributed by atoms with Crippen LogP contribution in [0.4, 0.5) is 5.69 Å². The highest BCUT2D eigenvalue weighted by molar-refractivity contribution is 6.11. The number of aryl methyl sites for hydroxylation is 2. The summed E-state index contributed by atoms with van der Waals surface area (Å²) in [7, 11) is 3.39. The van der Waals surface area contributed by atoms with Gasteiger partial charge < -0.3 is 5.32 Å². The number of nitrogens with one attached hydrogen (secondary N) is 1. The summed E-state index contributed by atoms with van der Waals surface area (Å²) in [6.07, 6.45) is 0. The van der Waals surface area contributed by atoms with E-state index in [2.05, 4.69) is 10.4 Å². The molecule has 2 aromatic heterocycles. The van der Waals surface area contributed by atoms with Crippen molar-refractivity contribution in [3.63, 3.8) is 0 Å². The van der Waals surface area contributed by atoms with Crippen molar-refractivity contribution in [2.75, 3.05) is 5.32 Å². The monoisotopic (exact) mass is 391 g/mol. The van der Waals surface area contributed by atoms with Crippen LogP contribution in [-0.4, -0.2) is 24.8 Å². The molecule has 1 amide bonds. The number of imidazole rings is 1. The molecule has 0 saturated carbocycles. The molecule has 0 aliphatic heterocycles. The van der Waals surface area contributed by atoms with Gasteiger partial charge in [0.25, 0.3) is 11.5 Å². The largest absolute Gasteiger partial charge is 0.328 e. The number of carbonyl (C=O) groups excluding carboxylic acids is 1. The fourth-order valence-electron chi connectivity index (χ4n) is 3.50. The highest BCUT2D eigenvalue weighted by Gasteiger charge is 2.18. The Morgan fingerprint density at radius 2 is 1.62 bits per heavy atom. The summed E-state index contributed by atoms with van der Waals surface area (Å²) in [5, 5.41) is 8.12. The summed E-state index contributed by atoms with van der Waals surface area (Å²) in [4.78, 5) is 37.8. The van der Waals surface area contributed by atoms with Gasteiger partial charge in [-0.15, -0.1) is 0 Å². The highest BCUT2D eigenvalue weighted by atomic mass is 16.2. The third kappa shape index (κ3) is 2.93. The molecule has 148 valence electrons. The van der Waals surface area contributed by atoms with Gasteiger partial charge in [0, 0.05) is 25.2 Å². The molecule has 0 spiro atoms. The Kier molecular flexibility index (Phi) is 4.34. The van der Waals surface area contributed by atoms with Gasteiger partial charge in [-0.25, -0.2) is 9.48 Å². The van der Waals surface area contributed by atoms with Crippen LogP contribution in [0.5, 0.6) is 0 Å². The second-order valence-corrected chi connectivity index (χ2v) is 7.30. The number of benzene rings is 2. The first kappa shape index (κ1) is 18.7. The minimum atomic E-state index is -0.420. The lowest BCUT2D eigenvalue weighted by molar-refractivity contribution is 0.102. The van der Waals surface area contributed by atoms with E-state index in [1.807, 2.05) is 13.8 Å². The Bertz CT molecular complexity index is 1390. The van der Waals surface area contributed by atoms with Gasteiger partial charge in [0.15, 0.2) is 5.69 Å². The van der Waals surface area contributed by atoms with Gasteiger partial charge in [0.2, 0.25) is 0 Å². The standard InChI is InChI=1S/C21H21N5O3/c1-12(2)26-20(28)15-8-6-5-7-14(15)18(23-26)19(27)22-13-9-10-16-17(11-13)25(4)21(29)24(16)3/h5-12H,1-4H3,(H,22,27). The maximum absolute atomic E-state index is 13.0. The van der Waals surface area contributed by atoms with Crippen molar-refractivity contribution in [2.24, 2.45) is 14.1 Å². The zero-order valence-electron chi connectivity index (χ0n) is 16.6. The van der Waals surface area contributed by atoms with Crippen LogP contribution in [0.25, 0.3) is 21.8 Å². The molecule has 8 nitrogen and oxygen atoms in total. The topological polar surface area (TPSA) is 90.9 Å². The number of nitrogens with zero attached hydrogens (tertiary/aromatic N) is 4. The maximum Gasteiger partial charge on any atom is 0.328 e. The number of amides is 1. The van der Waals surface area contributed by atoms with Crippen molar-refractivity contribution in [1.82, 2.24) is 18.9 Å². The first-order valence-electron chi connectivity index (χ1n) is 9.28. The van der Waals surface area contributed by atoms with Crippen LogP contribution in [0.1, 0.15) is 30.4 Å². The molecule has 4 rings (SSSR count). The molecule has 1 N–H and O–H groups in total. The Balaban J connectivity index is 1.81. The van der Waals surface area contributed by atoms with Gasteiger partial charge in [-0.1, -0.05) is 18.2 Å². The summed E-state index contributed by atoms with van der Waals surface area (Å²) in [6.45, 7) is 3.68. The minimum absolute atomic E-state index is 0.139. The third-order valence-electron chi connectivity index (χ3n) is 5.06. The third-order valence-corrected chi connectivity index (χ3v) is 5.06. The summed E-state index contributed by atoms with van der Waals surface area (Å²) in [5.41, 5.74) is 1.83. The molecule has 8 heteroatoms. The Morgan fingerprint density at radius 3 is 2.31 bits per heavy atom. The van der Waals surface area contributed by atoms with Crippen molar-refractivity contribution in [3.8, 4) is 0 Å². The van der Waals surface area contributed by atoms with E-state index >= 15 is 0 Å². The van der Waals surface area contributed by atoms with E-state index in [1.54, 1.807) is 61.1 Å². The number of hydrogen-bond donors (Lipinski definition) is 1. The summed E-state index contributed by atoms with van der Waals surface area (Å²) in [5.74, 6) is -0.420. The van der Waals surface area contributed by atoms with E-state index in [1.165, 1.54) is 9.25 Å². The Hall–Kier alpha value is -3.68. The van der Waals surface area contributed by atoms with Gasteiger partial charge in [0.1, 0.15) is 0 Å². The highest BCUT2D eigenvalue weighted by Crippen LogP contribution is 2.20. The number of fused-ring (bicyclic) bond motifs is 2.